The van der Waals surface area contributed by atoms with Gasteiger partial charge < -0.3 is 14.5 Å². The van der Waals surface area contributed by atoms with Crippen LogP contribution in [0.3, 0.4) is 0 Å². The molecule has 1 saturated heterocycles. The maximum Gasteiger partial charge on any atom is 0.247 e. The number of rotatable bonds is 4. The molecule has 8 nitrogen and oxygen atoms in total. The summed E-state index contributed by atoms with van der Waals surface area (Å²) in [5.74, 6) is 1.10. The third-order valence-corrected chi connectivity index (χ3v) is 4.43. The molecule has 2 aromatic heterocycles. The molecule has 1 amide bonds. The zero-order valence-corrected chi connectivity index (χ0v) is 14.9. The number of nitrogens with one attached hydrogen (secondary N) is 1. The fraction of sp³-hybridized carbons (Fsp3) is 0.333. The van der Waals surface area contributed by atoms with E-state index in [0.717, 1.165) is 29.4 Å². The Kier molecular flexibility index (Phi) is 4.87. The first kappa shape index (κ1) is 17.6. The van der Waals surface area contributed by atoms with Gasteiger partial charge >= 0.3 is 0 Å². The number of anilines is 1. The number of carbonyl (C=O) groups excluding carboxylic acids is 1. The van der Waals surface area contributed by atoms with E-state index in [4.69, 9.17) is 17.0 Å². The van der Waals surface area contributed by atoms with Crippen molar-refractivity contribution in [2.75, 3.05) is 38.2 Å². The van der Waals surface area contributed by atoms with Crippen LogP contribution >= 0.6 is 0 Å². The molecule has 4 rings (SSSR count). The predicted molar refractivity (Wildman–Crippen MR) is 101 cm³/mol. The van der Waals surface area contributed by atoms with Crippen LogP contribution in [-0.4, -0.2) is 66.7 Å². The maximum atomic E-state index is 12.3. The molecule has 0 bridgehead atoms. The van der Waals surface area contributed by atoms with Gasteiger partial charge in [0.2, 0.25) is 17.7 Å². The molecule has 1 fully saturated rings. The Balaban J connectivity index is 1.57. The summed E-state index contributed by atoms with van der Waals surface area (Å²) >= 11 is 0. The normalized spacial score (nSPS) is 15.1. The van der Waals surface area contributed by atoms with E-state index in [0.29, 0.717) is 36.3 Å². The largest absolute Gasteiger partial charge is 0.421 e. The van der Waals surface area contributed by atoms with Gasteiger partial charge in [0.15, 0.2) is 0 Å². The number of morpholine rings is 1. The molecule has 1 aromatic carbocycles. The highest BCUT2D eigenvalue weighted by Crippen LogP contribution is 2.23. The van der Waals surface area contributed by atoms with Crippen LogP contribution in [0, 0.1) is 6.92 Å². The van der Waals surface area contributed by atoms with E-state index < -0.39 is 0 Å². The van der Waals surface area contributed by atoms with Crippen molar-refractivity contribution in [1.82, 2.24) is 20.1 Å². The number of fused-ring (bicyclic) bond motifs is 1. The van der Waals surface area contributed by atoms with Gasteiger partial charge in [-0.3, -0.25) is 9.69 Å². The van der Waals surface area contributed by atoms with Crippen molar-refractivity contribution in [2.24, 2.45) is 0 Å². The highest BCUT2D eigenvalue weighted by molar-refractivity contribution is 6.42. The van der Waals surface area contributed by atoms with Crippen molar-refractivity contribution in [2.45, 2.75) is 6.92 Å². The van der Waals surface area contributed by atoms with Gasteiger partial charge in [-0.25, -0.2) is 4.98 Å². The molecular weight excluding hydrogens is 345 g/mol. The molecule has 2 radical (unpaired) electrons. The summed E-state index contributed by atoms with van der Waals surface area (Å²) in [6, 6.07) is 5.61. The van der Waals surface area contributed by atoms with Crippen LogP contribution in [0.15, 0.2) is 28.8 Å². The molecule has 0 atom stereocenters. The van der Waals surface area contributed by atoms with Gasteiger partial charge in [-0.15, -0.1) is 10.2 Å². The van der Waals surface area contributed by atoms with Gasteiger partial charge in [0.1, 0.15) is 13.7 Å². The minimum atomic E-state index is -0.154. The minimum absolute atomic E-state index is 0.154. The Bertz CT molecular complexity index is 984. The molecule has 9 heteroatoms. The highest BCUT2D eigenvalue weighted by atomic mass is 16.5. The molecular formula is C18H18BN5O3. The van der Waals surface area contributed by atoms with Gasteiger partial charge in [-0.05, 0) is 28.4 Å². The van der Waals surface area contributed by atoms with Gasteiger partial charge in [0.05, 0.1) is 19.8 Å². The minimum Gasteiger partial charge on any atom is -0.421 e. The number of hydrogen-bond acceptors (Lipinski definition) is 7. The van der Waals surface area contributed by atoms with E-state index in [9.17, 15) is 4.79 Å². The van der Waals surface area contributed by atoms with E-state index in [-0.39, 0.29) is 12.5 Å². The lowest BCUT2D eigenvalue weighted by molar-refractivity contribution is -0.118. The summed E-state index contributed by atoms with van der Waals surface area (Å²) in [5.41, 5.74) is 1.16. The average Bonchev–Trinajstić information content (AvgIpc) is 3.11. The number of amides is 1. The smallest absolute Gasteiger partial charge is 0.247 e. The van der Waals surface area contributed by atoms with Gasteiger partial charge in [0.25, 0.3) is 0 Å². The quantitative estimate of drug-likeness (QED) is 0.681. The van der Waals surface area contributed by atoms with Crippen LogP contribution in [0.2, 0.25) is 0 Å². The highest BCUT2D eigenvalue weighted by Gasteiger charge is 2.16. The first-order chi connectivity index (χ1) is 13.1. The number of aryl methyl sites for hydroxylation is 1. The molecule has 3 aromatic rings. The van der Waals surface area contributed by atoms with E-state index in [1.807, 2.05) is 23.1 Å². The van der Waals surface area contributed by atoms with Crippen molar-refractivity contribution in [3.05, 3.63) is 30.3 Å². The lowest BCUT2D eigenvalue weighted by atomic mass is 9.90. The summed E-state index contributed by atoms with van der Waals surface area (Å²) in [6.45, 7) is 4.77. The molecule has 1 aliphatic rings. The van der Waals surface area contributed by atoms with Crippen LogP contribution < -0.4 is 10.8 Å². The van der Waals surface area contributed by atoms with Crippen LogP contribution in [-0.2, 0) is 9.53 Å². The maximum absolute atomic E-state index is 12.3. The zero-order valence-electron chi connectivity index (χ0n) is 14.9. The van der Waals surface area contributed by atoms with Gasteiger partial charge in [-0.1, -0.05) is 6.07 Å². The fourth-order valence-electron chi connectivity index (χ4n) is 3.01. The first-order valence-electron chi connectivity index (χ1n) is 8.69. The second-order valence-corrected chi connectivity index (χ2v) is 6.39. The first-order valence-corrected chi connectivity index (χ1v) is 8.69. The third kappa shape index (κ3) is 3.84. The standard InChI is InChI=1S/C18H18BN5O3/c1-11-22-23-18(27-11)12-2-3-13-9-20-17(16(19)14(13)8-12)21-15(25)10-24-4-6-26-7-5-24/h2-3,8-9H,4-7,10H2,1H3,(H,20,21,25). The summed E-state index contributed by atoms with van der Waals surface area (Å²) in [7, 11) is 6.28. The molecule has 136 valence electrons. The number of carbonyl (C=O) groups is 1. The number of pyridine rings is 1. The summed E-state index contributed by atoms with van der Waals surface area (Å²) in [5, 5.41) is 12.3. The molecule has 1 N–H and O–H groups in total. The van der Waals surface area contributed by atoms with E-state index >= 15 is 0 Å². The number of aromatic nitrogens is 3. The fourth-order valence-corrected chi connectivity index (χ4v) is 3.01. The molecule has 1 aliphatic heterocycles. The van der Waals surface area contributed by atoms with E-state index in [2.05, 4.69) is 20.5 Å². The molecule has 0 aliphatic carbocycles. The van der Waals surface area contributed by atoms with Crippen molar-refractivity contribution in [1.29, 1.82) is 0 Å². The number of nitrogens with zero attached hydrogens (tertiary/aromatic N) is 4. The van der Waals surface area contributed by atoms with Crippen LogP contribution in [0.4, 0.5) is 5.82 Å². The van der Waals surface area contributed by atoms with Gasteiger partial charge in [-0.2, -0.15) is 0 Å². The zero-order chi connectivity index (χ0) is 18.8. The van der Waals surface area contributed by atoms with Crippen LogP contribution in [0.1, 0.15) is 5.89 Å². The molecule has 0 unspecified atom stereocenters. The van der Waals surface area contributed by atoms with Crippen molar-refractivity contribution < 1.29 is 13.9 Å². The summed E-state index contributed by atoms with van der Waals surface area (Å²) in [4.78, 5) is 18.7. The topological polar surface area (TPSA) is 93.4 Å². The third-order valence-electron chi connectivity index (χ3n) is 4.43. The average molecular weight is 363 g/mol. The Morgan fingerprint density at radius 1 is 1.30 bits per heavy atom. The molecule has 27 heavy (non-hydrogen) atoms. The Labute approximate surface area is 157 Å². The Morgan fingerprint density at radius 3 is 2.85 bits per heavy atom. The van der Waals surface area contributed by atoms with Crippen LogP contribution in [0.25, 0.3) is 22.2 Å². The number of hydrogen-bond donors (Lipinski definition) is 1. The molecule has 0 saturated carbocycles. The predicted octanol–water partition coefficient (Wildman–Crippen LogP) is 0.658. The second-order valence-electron chi connectivity index (χ2n) is 6.39. The summed E-state index contributed by atoms with van der Waals surface area (Å²) in [6.07, 6.45) is 1.68. The van der Waals surface area contributed by atoms with Crippen molar-refractivity contribution in [3.8, 4) is 11.5 Å². The second kappa shape index (κ2) is 7.46. The molecule has 0 spiro atoms. The lowest BCUT2D eigenvalue weighted by Crippen LogP contribution is -2.41. The number of ether oxygens (including phenoxy) is 1. The van der Waals surface area contributed by atoms with Crippen molar-refractivity contribution >= 4 is 35.8 Å². The molecule has 3 heterocycles. The lowest BCUT2D eigenvalue weighted by Gasteiger charge is -2.25. The van der Waals surface area contributed by atoms with E-state index in [1.54, 1.807) is 13.1 Å². The van der Waals surface area contributed by atoms with Crippen LogP contribution in [0.5, 0.6) is 0 Å². The SMILES string of the molecule is [B]c1c(NC(=O)CN2CCOCC2)ncc2ccc(-c3nnc(C)o3)cc12. The Hall–Kier alpha value is -2.78. The van der Waals surface area contributed by atoms with Gasteiger partial charge in [0, 0.05) is 31.8 Å². The number of benzene rings is 1. The van der Waals surface area contributed by atoms with Crippen molar-refractivity contribution in [3.63, 3.8) is 0 Å². The summed E-state index contributed by atoms with van der Waals surface area (Å²) < 4.78 is 10.8. The van der Waals surface area contributed by atoms with E-state index in [1.165, 1.54) is 0 Å². The monoisotopic (exact) mass is 363 g/mol. The Morgan fingerprint density at radius 2 is 2.11 bits per heavy atom.